The van der Waals surface area contributed by atoms with Crippen molar-refractivity contribution < 1.29 is 19.2 Å². The zero-order valence-corrected chi connectivity index (χ0v) is 16.5. The van der Waals surface area contributed by atoms with Crippen LogP contribution in [0.5, 0.6) is 0 Å². The van der Waals surface area contributed by atoms with E-state index in [2.05, 4.69) is 0 Å². The molecule has 8 nitrogen and oxygen atoms in total. The van der Waals surface area contributed by atoms with Crippen molar-refractivity contribution in [3.05, 3.63) is 69.8 Å². The molecule has 1 amide bonds. The van der Waals surface area contributed by atoms with Crippen molar-refractivity contribution in [3.8, 4) is 0 Å². The summed E-state index contributed by atoms with van der Waals surface area (Å²) >= 11 is 0. The Morgan fingerprint density at radius 3 is 2.59 bits per heavy atom. The lowest BCUT2D eigenvalue weighted by atomic mass is 10.1. The fourth-order valence-electron chi connectivity index (χ4n) is 3.32. The van der Waals surface area contributed by atoms with Crippen LogP contribution in [0.3, 0.4) is 0 Å². The number of nitrogens with zero attached hydrogens (tertiary/aromatic N) is 3. The first kappa shape index (κ1) is 20.8. The second kappa shape index (κ2) is 9.99. The molecule has 0 aliphatic carbocycles. The van der Waals surface area contributed by atoms with Gasteiger partial charge in [0, 0.05) is 45.4 Å². The van der Waals surface area contributed by atoms with E-state index in [0.29, 0.717) is 57.3 Å². The molecule has 0 aromatic heterocycles. The molecule has 0 spiro atoms. The normalized spacial score (nSPS) is 13.9. The summed E-state index contributed by atoms with van der Waals surface area (Å²) in [4.78, 5) is 28.0. The number of ether oxygens (including phenoxy) is 2. The van der Waals surface area contributed by atoms with Gasteiger partial charge in [0.1, 0.15) is 0 Å². The van der Waals surface area contributed by atoms with Crippen molar-refractivity contribution in [1.29, 1.82) is 0 Å². The van der Waals surface area contributed by atoms with Crippen molar-refractivity contribution >= 4 is 17.3 Å². The van der Waals surface area contributed by atoms with E-state index >= 15 is 0 Å². The van der Waals surface area contributed by atoms with Gasteiger partial charge in [-0.05, 0) is 11.6 Å². The quantitative estimate of drug-likeness (QED) is 0.501. The second-order valence-corrected chi connectivity index (χ2v) is 6.76. The molecule has 0 N–H and O–H groups in total. The minimum atomic E-state index is -0.476. The van der Waals surface area contributed by atoms with Gasteiger partial charge in [-0.2, -0.15) is 0 Å². The Kier molecular flexibility index (Phi) is 7.15. The van der Waals surface area contributed by atoms with Crippen LogP contribution in [0, 0.1) is 10.1 Å². The monoisotopic (exact) mass is 399 g/mol. The van der Waals surface area contributed by atoms with Crippen LogP contribution < -0.4 is 4.90 Å². The van der Waals surface area contributed by atoms with Gasteiger partial charge in [0.2, 0.25) is 0 Å². The molecule has 1 heterocycles. The van der Waals surface area contributed by atoms with E-state index in [-0.39, 0.29) is 11.6 Å². The van der Waals surface area contributed by atoms with Gasteiger partial charge in [0.25, 0.3) is 11.6 Å². The SMILES string of the molecule is COCCN(Cc1ccccc1)C(=O)c1cc([N+](=O)[O-])ccc1N1CCOCC1. The van der Waals surface area contributed by atoms with E-state index in [1.165, 1.54) is 12.1 Å². The molecule has 1 aliphatic heterocycles. The van der Waals surface area contributed by atoms with Crippen LogP contribution in [-0.2, 0) is 16.0 Å². The molecule has 2 aromatic carbocycles. The van der Waals surface area contributed by atoms with Gasteiger partial charge in [-0.3, -0.25) is 14.9 Å². The number of carbonyl (C=O) groups is 1. The zero-order chi connectivity index (χ0) is 20.6. The number of anilines is 1. The van der Waals surface area contributed by atoms with Crippen LogP contribution in [0.25, 0.3) is 0 Å². The average molecular weight is 399 g/mol. The fraction of sp³-hybridized carbons (Fsp3) is 0.381. The van der Waals surface area contributed by atoms with Gasteiger partial charge in [0.15, 0.2) is 0 Å². The molecule has 2 aromatic rings. The van der Waals surface area contributed by atoms with Crippen molar-refractivity contribution in [2.45, 2.75) is 6.54 Å². The van der Waals surface area contributed by atoms with Crippen molar-refractivity contribution in [2.75, 3.05) is 51.5 Å². The molecule has 1 fully saturated rings. The number of carbonyl (C=O) groups excluding carboxylic acids is 1. The van der Waals surface area contributed by atoms with E-state index in [4.69, 9.17) is 9.47 Å². The Balaban J connectivity index is 1.95. The molecular formula is C21H25N3O5. The van der Waals surface area contributed by atoms with Gasteiger partial charge in [-0.1, -0.05) is 30.3 Å². The summed E-state index contributed by atoms with van der Waals surface area (Å²) in [6, 6.07) is 14.1. The lowest BCUT2D eigenvalue weighted by Crippen LogP contribution is -2.39. The average Bonchev–Trinajstić information content (AvgIpc) is 2.77. The highest BCUT2D eigenvalue weighted by molar-refractivity contribution is 6.00. The Hall–Kier alpha value is -2.97. The van der Waals surface area contributed by atoms with Gasteiger partial charge in [-0.15, -0.1) is 0 Å². The van der Waals surface area contributed by atoms with Gasteiger partial charge >= 0.3 is 0 Å². The third-order valence-corrected chi connectivity index (χ3v) is 4.84. The van der Waals surface area contributed by atoms with Crippen LogP contribution in [0.4, 0.5) is 11.4 Å². The lowest BCUT2D eigenvalue weighted by Gasteiger charge is -2.31. The molecule has 0 atom stereocenters. The maximum absolute atomic E-state index is 13.5. The van der Waals surface area contributed by atoms with E-state index in [1.807, 2.05) is 35.2 Å². The lowest BCUT2D eigenvalue weighted by molar-refractivity contribution is -0.384. The largest absolute Gasteiger partial charge is 0.383 e. The van der Waals surface area contributed by atoms with Crippen molar-refractivity contribution in [2.24, 2.45) is 0 Å². The highest BCUT2D eigenvalue weighted by Gasteiger charge is 2.25. The Bertz CT molecular complexity index is 837. The highest BCUT2D eigenvalue weighted by atomic mass is 16.6. The first-order chi connectivity index (χ1) is 14.1. The Morgan fingerprint density at radius 2 is 1.93 bits per heavy atom. The molecule has 1 aliphatic rings. The number of non-ortho nitro benzene ring substituents is 1. The molecule has 0 saturated carbocycles. The number of morpholine rings is 1. The minimum Gasteiger partial charge on any atom is -0.383 e. The van der Waals surface area contributed by atoms with Crippen LogP contribution in [0.2, 0.25) is 0 Å². The fourth-order valence-corrected chi connectivity index (χ4v) is 3.32. The number of methoxy groups -OCH3 is 1. The summed E-state index contributed by atoms with van der Waals surface area (Å²) in [6.45, 7) is 3.54. The predicted molar refractivity (Wildman–Crippen MR) is 109 cm³/mol. The van der Waals surface area contributed by atoms with Gasteiger partial charge in [-0.25, -0.2) is 0 Å². The van der Waals surface area contributed by atoms with Gasteiger partial charge in [0.05, 0.1) is 36.0 Å². The summed E-state index contributed by atoms with van der Waals surface area (Å²) < 4.78 is 10.6. The number of nitro groups is 1. The number of benzene rings is 2. The third kappa shape index (κ3) is 5.30. The molecule has 8 heteroatoms. The van der Waals surface area contributed by atoms with Crippen LogP contribution >= 0.6 is 0 Å². The maximum Gasteiger partial charge on any atom is 0.270 e. The number of nitro benzene ring substituents is 1. The summed E-state index contributed by atoms with van der Waals surface area (Å²) in [6.07, 6.45) is 0. The molecule has 154 valence electrons. The van der Waals surface area contributed by atoms with E-state index < -0.39 is 4.92 Å². The van der Waals surface area contributed by atoms with Crippen LogP contribution in [0.15, 0.2) is 48.5 Å². The molecule has 29 heavy (non-hydrogen) atoms. The molecule has 1 saturated heterocycles. The molecule has 0 bridgehead atoms. The summed E-state index contributed by atoms with van der Waals surface area (Å²) in [5.74, 6) is -0.254. The highest BCUT2D eigenvalue weighted by Crippen LogP contribution is 2.28. The van der Waals surface area contributed by atoms with E-state index in [9.17, 15) is 14.9 Å². The first-order valence-electron chi connectivity index (χ1n) is 9.53. The van der Waals surface area contributed by atoms with Crippen LogP contribution in [-0.4, -0.2) is 62.3 Å². The maximum atomic E-state index is 13.5. The number of rotatable bonds is 8. The van der Waals surface area contributed by atoms with E-state index in [1.54, 1.807) is 18.1 Å². The van der Waals surface area contributed by atoms with Gasteiger partial charge < -0.3 is 19.3 Å². The molecule has 3 rings (SSSR count). The number of amides is 1. The van der Waals surface area contributed by atoms with Crippen LogP contribution in [0.1, 0.15) is 15.9 Å². The van der Waals surface area contributed by atoms with E-state index in [0.717, 1.165) is 5.56 Å². The smallest absolute Gasteiger partial charge is 0.270 e. The number of hydrogen-bond acceptors (Lipinski definition) is 6. The van der Waals surface area contributed by atoms with Crippen molar-refractivity contribution in [3.63, 3.8) is 0 Å². The minimum absolute atomic E-state index is 0.100. The summed E-state index contributed by atoms with van der Waals surface area (Å²) in [5, 5.41) is 11.3. The Labute approximate surface area is 169 Å². The predicted octanol–water partition coefficient (Wildman–Crippen LogP) is 2.72. The second-order valence-electron chi connectivity index (χ2n) is 6.76. The first-order valence-corrected chi connectivity index (χ1v) is 9.53. The third-order valence-electron chi connectivity index (χ3n) is 4.84. The standard InChI is InChI=1S/C21H25N3O5/c1-28-12-9-23(16-17-5-3-2-4-6-17)21(25)19-15-18(24(26)27)7-8-20(19)22-10-13-29-14-11-22/h2-8,15H,9-14,16H2,1H3. The topological polar surface area (TPSA) is 85.1 Å². The summed E-state index contributed by atoms with van der Waals surface area (Å²) in [7, 11) is 1.58. The number of hydrogen-bond donors (Lipinski definition) is 0. The molecule has 0 radical (unpaired) electrons. The summed E-state index contributed by atoms with van der Waals surface area (Å²) in [5.41, 5.74) is 1.90. The van der Waals surface area contributed by atoms with Crippen molar-refractivity contribution in [1.82, 2.24) is 4.90 Å². The Morgan fingerprint density at radius 1 is 1.21 bits per heavy atom. The zero-order valence-electron chi connectivity index (χ0n) is 16.5. The molecular weight excluding hydrogens is 374 g/mol. The molecule has 0 unspecified atom stereocenters.